The van der Waals surface area contributed by atoms with E-state index in [1.165, 1.54) is 0 Å². The van der Waals surface area contributed by atoms with E-state index in [9.17, 15) is 4.79 Å². The lowest BCUT2D eigenvalue weighted by Gasteiger charge is -2.08. The van der Waals surface area contributed by atoms with Crippen molar-refractivity contribution in [2.75, 3.05) is 6.61 Å². The summed E-state index contributed by atoms with van der Waals surface area (Å²) in [6.45, 7) is 2.33. The van der Waals surface area contributed by atoms with Gasteiger partial charge in [0.15, 0.2) is 0 Å². The Morgan fingerprint density at radius 1 is 1.55 bits per heavy atom. The number of ether oxygens (including phenoxy) is 2. The van der Waals surface area contributed by atoms with E-state index in [0.717, 1.165) is 12.8 Å². The topological polar surface area (TPSA) is 38.8 Å². The van der Waals surface area contributed by atoms with Crippen LogP contribution >= 0.6 is 0 Å². The monoisotopic (exact) mass is 156 g/mol. The second kappa shape index (κ2) is 2.48. The highest BCUT2D eigenvalue weighted by atomic mass is 16.6. The molecule has 3 heteroatoms. The molecule has 11 heavy (non-hydrogen) atoms. The van der Waals surface area contributed by atoms with Crippen LogP contribution in [0, 0.1) is 5.92 Å². The Labute approximate surface area is 65.7 Å². The average Bonchev–Trinajstić information content (AvgIpc) is 2.59. The number of rotatable bonds is 2. The lowest BCUT2D eigenvalue weighted by Crippen LogP contribution is -2.16. The van der Waals surface area contributed by atoms with Crippen molar-refractivity contribution in [3.63, 3.8) is 0 Å². The van der Waals surface area contributed by atoms with Gasteiger partial charge in [-0.3, -0.25) is 4.79 Å². The van der Waals surface area contributed by atoms with Gasteiger partial charge < -0.3 is 9.47 Å². The van der Waals surface area contributed by atoms with Crippen LogP contribution in [0.4, 0.5) is 0 Å². The van der Waals surface area contributed by atoms with Gasteiger partial charge in [0.25, 0.3) is 0 Å². The molecule has 1 aliphatic heterocycles. The molecule has 0 aromatic heterocycles. The molecule has 2 fully saturated rings. The summed E-state index contributed by atoms with van der Waals surface area (Å²) in [6, 6.07) is 0. The van der Waals surface area contributed by atoms with Crippen LogP contribution in [0.1, 0.15) is 19.8 Å². The van der Waals surface area contributed by atoms with Crippen LogP contribution in [0.25, 0.3) is 0 Å². The molecule has 2 aliphatic rings. The van der Waals surface area contributed by atoms with Crippen molar-refractivity contribution in [2.45, 2.75) is 32.0 Å². The van der Waals surface area contributed by atoms with Crippen LogP contribution in [-0.4, -0.2) is 24.8 Å². The second-order valence-corrected chi connectivity index (χ2v) is 3.13. The molecule has 1 heterocycles. The molecule has 0 unspecified atom stereocenters. The van der Waals surface area contributed by atoms with Gasteiger partial charge in [0, 0.05) is 0 Å². The van der Waals surface area contributed by atoms with Gasteiger partial charge >= 0.3 is 5.97 Å². The number of hydrogen-bond acceptors (Lipinski definition) is 3. The fourth-order valence-corrected chi connectivity index (χ4v) is 1.70. The van der Waals surface area contributed by atoms with Crippen LogP contribution in [0.2, 0.25) is 0 Å². The predicted octanol–water partition coefficient (Wildman–Crippen LogP) is 0.727. The molecule has 3 nitrogen and oxygen atoms in total. The number of hydrogen-bond donors (Lipinski definition) is 0. The number of carbonyl (C=O) groups is 1. The van der Waals surface area contributed by atoms with E-state index in [4.69, 9.17) is 9.47 Å². The van der Waals surface area contributed by atoms with Gasteiger partial charge in [-0.25, -0.2) is 0 Å². The third-order valence-electron chi connectivity index (χ3n) is 2.34. The van der Waals surface area contributed by atoms with Crippen LogP contribution in [0.15, 0.2) is 0 Å². The molecule has 0 spiro atoms. The van der Waals surface area contributed by atoms with E-state index in [2.05, 4.69) is 0 Å². The predicted molar refractivity (Wildman–Crippen MR) is 38.0 cm³/mol. The highest BCUT2D eigenvalue weighted by Crippen LogP contribution is 2.42. The molecule has 0 aromatic carbocycles. The molecule has 62 valence electrons. The van der Waals surface area contributed by atoms with Gasteiger partial charge in [-0.15, -0.1) is 0 Å². The maximum absolute atomic E-state index is 11.1. The lowest BCUT2D eigenvalue weighted by atomic mass is 10.1. The van der Waals surface area contributed by atoms with E-state index < -0.39 is 0 Å². The van der Waals surface area contributed by atoms with E-state index in [0.29, 0.717) is 18.8 Å². The van der Waals surface area contributed by atoms with Gasteiger partial charge in [-0.1, -0.05) is 0 Å². The first-order valence-electron chi connectivity index (χ1n) is 4.13. The molecular formula is C8H12O3. The van der Waals surface area contributed by atoms with Crippen molar-refractivity contribution in [3.8, 4) is 0 Å². The summed E-state index contributed by atoms with van der Waals surface area (Å²) in [5.41, 5.74) is 0. The summed E-state index contributed by atoms with van der Waals surface area (Å²) in [7, 11) is 0. The van der Waals surface area contributed by atoms with Crippen LogP contribution in [0.3, 0.4) is 0 Å². The van der Waals surface area contributed by atoms with Crippen molar-refractivity contribution in [1.29, 1.82) is 0 Å². The van der Waals surface area contributed by atoms with E-state index in [1.54, 1.807) is 0 Å². The molecule has 2 rings (SSSR count). The SMILES string of the molecule is CCOC(=O)[C@H]1C[C@@H]2O[C@@H]2C1. The zero-order valence-corrected chi connectivity index (χ0v) is 6.58. The molecule has 0 amide bonds. The third kappa shape index (κ3) is 1.25. The van der Waals surface area contributed by atoms with Gasteiger partial charge in [0.1, 0.15) is 0 Å². The van der Waals surface area contributed by atoms with E-state index in [1.807, 2.05) is 6.92 Å². The maximum Gasteiger partial charge on any atom is 0.309 e. The normalized spacial score (nSPS) is 39.9. The van der Waals surface area contributed by atoms with E-state index >= 15 is 0 Å². The zero-order chi connectivity index (χ0) is 7.84. The molecule has 1 aliphatic carbocycles. The van der Waals surface area contributed by atoms with Gasteiger partial charge in [0.05, 0.1) is 24.7 Å². The summed E-state index contributed by atoms with van der Waals surface area (Å²) in [5, 5.41) is 0. The summed E-state index contributed by atoms with van der Waals surface area (Å²) < 4.78 is 10.1. The quantitative estimate of drug-likeness (QED) is 0.437. The molecule has 0 N–H and O–H groups in total. The first kappa shape index (κ1) is 7.10. The number of fused-ring (bicyclic) bond motifs is 1. The Morgan fingerprint density at radius 2 is 2.18 bits per heavy atom. The molecule has 0 radical (unpaired) electrons. The third-order valence-corrected chi connectivity index (χ3v) is 2.34. The first-order valence-corrected chi connectivity index (χ1v) is 4.13. The smallest absolute Gasteiger partial charge is 0.309 e. The Balaban J connectivity index is 1.82. The van der Waals surface area contributed by atoms with Crippen LogP contribution < -0.4 is 0 Å². The Morgan fingerprint density at radius 3 is 2.73 bits per heavy atom. The summed E-state index contributed by atoms with van der Waals surface area (Å²) in [5.74, 6) is 0.0852. The minimum atomic E-state index is -0.0386. The van der Waals surface area contributed by atoms with Crippen LogP contribution in [-0.2, 0) is 14.3 Å². The van der Waals surface area contributed by atoms with E-state index in [-0.39, 0.29) is 11.9 Å². The lowest BCUT2D eigenvalue weighted by molar-refractivity contribution is -0.148. The van der Waals surface area contributed by atoms with Crippen molar-refractivity contribution in [2.24, 2.45) is 5.92 Å². The largest absolute Gasteiger partial charge is 0.466 e. The molecular weight excluding hydrogens is 144 g/mol. The fourth-order valence-electron chi connectivity index (χ4n) is 1.70. The van der Waals surface area contributed by atoms with Crippen molar-refractivity contribution >= 4 is 5.97 Å². The summed E-state index contributed by atoms with van der Waals surface area (Å²) in [4.78, 5) is 11.1. The van der Waals surface area contributed by atoms with Crippen molar-refractivity contribution < 1.29 is 14.3 Å². The first-order chi connectivity index (χ1) is 5.31. The zero-order valence-electron chi connectivity index (χ0n) is 6.58. The van der Waals surface area contributed by atoms with Gasteiger partial charge in [0.2, 0.25) is 0 Å². The van der Waals surface area contributed by atoms with Crippen LogP contribution in [0.5, 0.6) is 0 Å². The Bertz CT molecular complexity index is 168. The minimum Gasteiger partial charge on any atom is -0.466 e. The Hall–Kier alpha value is -0.570. The average molecular weight is 156 g/mol. The maximum atomic E-state index is 11.1. The minimum absolute atomic E-state index is 0.0386. The fraction of sp³-hybridized carbons (Fsp3) is 0.875. The number of esters is 1. The Kier molecular flexibility index (Phi) is 1.60. The van der Waals surface area contributed by atoms with Gasteiger partial charge in [-0.2, -0.15) is 0 Å². The molecule has 0 bridgehead atoms. The summed E-state index contributed by atoms with van der Waals surface area (Å²) in [6.07, 6.45) is 2.52. The molecule has 3 atom stereocenters. The standard InChI is InChI=1S/C8H12O3/c1-2-10-8(9)5-3-6-7(4-5)11-6/h5-7H,2-4H2,1H3/t5-,6-,7+. The highest BCUT2D eigenvalue weighted by molar-refractivity contribution is 5.73. The van der Waals surface area contributed by atoms with Crippen molar-refractivity contribution in [1.82, 2.24) is 0 Å². The number of epoxide rings is 1. The molecule has 1 saturated heterocycles. The highest BCUT2D eigenvalue weighted by Gasteiger charge is 2.50. The number of carbonyl (C=O) groups excluding carboxylic acids is 1. The molecule has 0 aromatic rings. The summed E-state index contributed by atoms with van der Waals surface area (Å²) >= 11 is 0. The molecule has 1 saturated carbocycles. The van der Waals surface area contributed by atoms with Crippen molar-refractivity contribution in [3.05, 3.63) is 0 Å². The van der Waals surface area contributed by atoms with Gasteiger partial charge in [-0.05, 0) is 19.8 Å². The second-order valence-electron chi connectivity index (χ2n) is 3.13.